The monoisotopic (exact) mass is 270 g/mol. The van der Waals surface area contributed by atoms with Gasteiger partial charge in [0.15, 0.2) is 0 Å². The Bertz CT molecular complexity index is 503. The molecule has 106 valence electrons. The molecule has 0 saturated heterocycles. The van der Waals surface area contributed by atoms with Crippen molar-refractivity contribution in [2.45, 2.75) is 39.4 Å². The first-order valence-corrected chi connectivity index (χ1v) is 7.09. The summed E-state index contributed by atoms with van der Waals surface area (Å²) in [6, 6.07) is 18.5. The molecular weight excluding hydrogens is 248 g/mol. The lowest BCUT2D eigenvalue weighted by Crippen LogP contribution is -2.02. The van der Waals surface area contributed by atoms with Gasteiger partial charge in [-0.3, -0.25) is 0 Å². The maximum absolute atomic E-state index is 5.43. The molecule has 0 radical (unpaired) electrons. The zero-order valence-electron chi connectivity index (χ0n) is 12.4. The first-order valence-electron chi connectivity index (χ1n) is 7.09. The highest BCUT2D eigenvalue weighted by Gasteiger charge is 2.08. The zero-order valence-corrected chi connectivity index (χ0v) is 12.4. The van der Waals surface area contributed by atoms with Crippen LogP contribution in [0.3, 0.4) is 0 Å². The first kappa shape index (κ1) is 14.8. The normalized spacial score (nSPS) is 12.6. The van der Waals surface area contributed by atoms with E-state index in [1.54, 1.807) is 0 Å². The van der Waals surface area contributed by atoms with E-state index in [-0.39, 0.29) is 6.10 Å². The van der Waals surface area contributed by atoms with Gasteiger partial charge in [0.05, 0.1) is 0 Å². The molecular formula is C18H22O2. The molecule has 0 bridgehead atoms. The number of benzene rings is 2. The topological polar surface area (TPSA) is 18.5 Å². The van der Waals surface area contributed by atoms with Crippen LogP contribution in [0.25, 0.3) is 0 Å². The predicted octanol–water partition coefficient (Wildman–Crippen LogP) is 5.02. The minimum absolute atomic E-state index is 0.0695. The molecule has 0 amide bonds. The molecule has 0 fully saturated rings. The summed E-state index contributed by atoms with van der Waals surface area (Å²) in [5, 5.41) is 0. The predicted molar refractivity (Wildman–Crippen MR) is 81.3 cm³/mol. The van der Waals surface area contributed by atoms with Crippen LogP contribution in [-0.4, -0.2) is 0 Å². The van der Waals surface area contributed by atoms with Crippen LogP contribution < -0.4 is 0 Å². The Labute approximate surface area is 121 Å². The van der Waals surface area contributed by atoms with E-state index in [0.717, 1.165) is 11.1 Å². The van der Waals surface area contributed by atoms with Crippen molar-refractivity contribution in [2.24, 2.45) is 0 Å². The van der Waals surface area contributed by atoms with E-state index in [4.69, 9.17) is 9.78 Å². The minimum atomic E-state index is -0.0695. The van der Waals surface area contributed by atoms with Crippen LogP contribution in [0.4, 0.5) is 0 Å². The van der Waals surface area contributed by atoms with Crippen molar-refractivity contribution in [3.05, 3.63) is 71.3 Å². The fraction of sp³-hybridized carbons (Fsp3) is 0.333. The molecule has 0 aliphatic heterocycles. The average Bonchev–Trinajstić information content (AvgIpc) is 2.48. The van der Waals surface area contributed by atoms with Crippen molar-refractivity contribution in [1.82, 2.24) is 0 Å². The van der Waals surface area contributed by atoms with E-state index in [9.17, 15) is 0 Å². The molecule has 1 unspecified atom stereocenters. The van der Waals surface area contributed by atoms with Crippen LogP contribution in [0.2, 0.25) is 0 Å². The van der Waals surface area contributed by atoms with Gasteiger partial charge in [-0.25, -0.2) is 9.78 Å². The Morgan fingerprint density at radius 1 is 0.800 bits per heavy atom. The van der Waals surface area contributed by atoms with Gasteiger partial charge in [-0.1, -0.05) is 68.4 Å². The van der Waals surface area contributed by atoms with Crippen molar-refractivity contribution in [3.63, 3.8) is 0 Å². The maximum Gasteiger partial charge on any atom is 0.115 e. The molecule has 0 saturated carbocycles. The number of hydrogen-bond acceptors (Lipinski definition) is 2. The molecule has 1 atom stereocenters. The first-order chi connectivity index (χ1) is 9.66. The summed E-state index contributed by atoms with van der Waals surface area (Å²) in [5.41, 5.74) is 3.57. The lowest BCUT2D eigenvalue weighted by Gasteiger charge is -2.13. The SMILES string of the molecule is CC(C)c1ccc(C(C)OOCc2ccccc2)cc1. The van der Waals surface area contributed by atoms with Crippen LogP contribution in [0, 0.1) is 0 Å². The lowest BCUT2D eigenvalue weighted by atomic mass is 10.0. The Morgan fingerprint density at radius 3 is 2.00 bits per heavy atom. The summed E-state index contributed by atoms with van der Waals surface area (Å²) >= 11 is 0. The van der Waals surface area contributed by atoms with Gasteiger partial charge in [0.1, 0.15) is 12.7 Å². The molecule has 2 aromatic rings. The average molecular weight is 270 g/mol. The summed E-state index contributed by atoms with van der Waals surface area (Å²) in [6.07, 6.45) is -0.0695. The van der Waals surface area contributed by atoms with Gasteiger partial charge in [-0.15, -0.1) is 0 Å². The Balaban J connectivity index is 1.84. The smallest absolute Gasteiger partial charge is 0.115 e. The van der Waals surface area contributed by atoms with E-state index >= 15 is 0 Å². The van der Waals surface area contributed by atoms with Crippen LogP contribution in [0.15, 0.2) is 54.6 Å². The summed E-state index contributed by atoms with van der Waals surface area (Å²) in [7, 11) is 0. The highest BCUT2D eigenvalue weighted by Crippen LogP contribution is 2.21. The second-order valence-corrected chi connectivity index (χ2v) is 5.31. The van der Waals surface area contributed by atoms with Crippen LogP contribution in [0.1, 0.15) is 49.5 Å². The molecule has 0 heterocycles. The third-order valence-electron chi connectivity index (χ3n) is 3.35. The van der Waals surface area contributed by atoms with Gasteiger partial charge in [0.2, 0.25) is 0 Å². The summed E-state index contributed by atoms with van der Waals surface area (Å²) in [6.45, 7) is 6.85. The second-order valence-electron chi connectivity index (χ2n) is 5.31. The lowest BCUT2D eigenvalue weighted by molar-refractivity contribution is -0.332. The van der Waals surface area contributed by atoms with Crippen LogP contribution in [-0.2, 0) is 16.4 Å². The Hall–Kier alpha value is -1.64. The molecule has 20 heavy (non-hydrogen) atoms. The Kier molecular flexibility index (Phi) is 5.33. The minimum Gasteiger partial charge on any atom is -0.231 e. The van der Waals surface area contributed by atoms with E-state index < -0.39 is 0 Å². The van der Waals surface area contributed by atoms with Gasteiger partial charge in [-0.2, -0.15) is 0 Å². The highest BCUT2D eigenvalue weighted by molar-refractivity contribution is 5.25. The van der Waals surface area contributed by atoms with Crippen molar-refractivity contribution in [3.8, 4) is 0 Å². The van der Waals surface area contributed by atoms with Crippen LogP contribution >= 0.6 is 0 Å². The third-order valence-corrected chi connectivity index (χ3v) is 3.35. The zero-order chi connectivity index (χ0) is 14.4. The van der Waals surface area contributed by atoms with E-state index in [1.165, 1.54) is 5.56 Å². The summed E-state index contributed by atoms with van der Waals surface area (Å²) in [5.74, 6) is 0.551. The Morgan fingerprint density at radius 2 is 1.40 bits per heavy atom. The molecule has 2 rings (SSSR count). The molecule has 0 aromatic heterocycles. The van der Waals surface area contributed by atoms with Gasteiger partial charge in [0, 0.05) is 0 Å². The number of rotatable bonds is 6. The van der Waals surface area contributed by atoms with Gasteiger partial charge < -0.3 is 0 Å². The van der Waals surface area contributed by atoms with Gasteiger partial charge in [0.25, 0.3) is 0 Å². The molecule has 0 aliphatic carbocycles. The van der Waals surface area contributed by atoms with Gasteiger partial charge >= 0.3 is 0 Å². The summed E-state index contributed by atoms with van der Waals surface area (Å²) in [4.78, 5) is 10.7. The van der Waals surface area contributed by atoms with Gasteiger partial charge in [-0.05, 0) is 29.5 Å². The van der Waals surface area contributed by atoms with E-state index in [0.29, 0.717) is 12.5 Å². The molecule has 0 N–H and O–H groups in total. The molecule has 2 aromatic carbocycles. The van der Waals surface area contributed by atoms with Crippen molar-refractivity contribution in [2.75, 3.05) is 0 Å². The van der Waals surface area contributed by atoms with Crippen molar-refractivity contribution in [1.29, 1.82) is 0 Å². The highest BCUT2D eigenvalue weighted by atomic mass is 17.2. The fourth-order valence-corrected chi connectivity index (χ4v) is 1.99. The summed E-state index contributed by atoms with van der Waals surface area (Å²) < 4.78 is 0. The molecule has 2 nitrogen and oxygen atoms in total. The second kappa shape index (κ2) is 7.22. The standard InChI is InChI=1S/C18H22O2/c1-14(2)17-9-11-18(12-10-17)15(3)20-19-13-16-7-5-4-6-8-16/h4-12,14-15H,13H2,1-3H3. The molecule has 0 spiro atoms. The quantitative estimate of drug-likeness (QED) is 0.542. The fourth-order valence-electron chi connectivity index (χ4n) is 1.99. The molecule has 0 aliphatic rings. The third kappa shape index (κ3) is 4.19. The van der Waals surface area contributed by atoms with E-state index in [2.05, 4.69) is 38.1 Å². The van der Waals surface area contributed by atoms with Crippen LogP contribution in [0.5, 0.6) is 0 Å². The molecule has 2 heteroatoms. The van der Waals surface area contributed by atoms with Crippen molar-refractivity contribution >= 4 is 0 Å². The van der Waals surface area contributed by atoms with Crippen molar-refractivity contribution < 1.29 is 9.78 Å². The van der Waals surface area contributed by atoms with E-state index in [1.807, 2.05) is 37.3 Å². The maximum atomic E-state index is 5.43. The largest absolute Gasteiger partial charge is 0.231 e. The number of hydrogen-bond donors (Lipinski definition) is 0.